The first-order valence-corrected chi connectivity index (χ1v) is 4.23. The van der Waals surface area contributed by atoms with Crippen LogP contribution in [0, 0.1) is 0 Å². The predicted molar refractivity (Wildman–Crippen MR) is 46.5 cm³/mol. The molecule has 1 aliphatic rings. The molecule has 11 heavy (non-hydrogen) atoms. The lowest BCUT2D eigenvalue weighted by Crippen LogP contribution is -2.09. The number of rotatable bonds is 3. The van der Waals surface area contributed by atoms with Crippen LogP contribution in [0.3, 0.4) is 0 Å². The zero-order valence-electron chi connectivity index (χ0n) is 7.61. The molecule has 1 aliphatic carbocycles. The highest BCUT2D eigenvalue weighted by Gasteiger charge is 2.41. The third-order valence-corrected chi connectivity index (χ3v) is 1.80. The summed E-state index contributed by atoms with van der Waals surface area (Å²) in [4.78, 5) is 0. The number of ether oxygens (including phenoxy) is 1. The third kappa shape index (κ3) is 2.53. The van der Waals surface area contributed by atoms with E-state index in [2.05, 4.69) is 25.7 Å². The van der Waals surface area contributed by atoms with Crippen molar-refractivity contribution >= 4 is 0 Å². The standard InChI is InChI=1S/C10H16O/c1-4-11-10(7-8-10)6-5-9(2)3/h6H,4,7-8H2,1-3H3. The lowest BCUT2D eigenvalue weighted by molar-refractivity contribution is 0.0778. The largest absolute Gasteiger partial charge is 0.371 e. The van der Waals surface area contributed by atoms with E-state index in [1.165, 1.54) is 18.4 Å². The van der Waals surface area contributed by atoms with Gasteiger partial charge in [0.1, 0.15) is 0 Å². The van der Waals surface area contributed by atoms with Gasteiger partial charge in [-0.2, -0.15) is 0 Å². The molecule has 0 aromatic rings. The van der Waals surface area contributed by atoms with Crippen molar-refractivity contribution in [2.75, 3.05) is 6.61 Å². The van der Waals surface area contributed by atoms with Gasteiger partial charge in [0.05, 0.1) is 5.60 Å². The van der Waals surface area contributed by atoms with Crippen molar-refractivity contribution in [2.45, 2.75) is 39.2 Å². The molecular formula is C10H16O. The first-order chi connectivity index (χ1) is 5.18. The molecule has 0 heterocycles. The molecular weight excluding hydrogens is 136 g/mol. The molecule has 1 rings (SSSR count). The topological polar surface area (TPSA) is 9.23 Å². The van der Waals surface area contributed by atoms with E-state index in [9.17, 15) is 0 Å². The van der Waals surface area contributed by atoms with E-state index < -0.39 is 0 Å². The summed E-state index contributed by atoms with van der Waals surface area (Å²) < 4.78 is 5.56. The van der Waals surface area contributed by atoms with Crippen molar-refractivity contribution in [3.05, 3.63) is 17.4 Å². The Morgan fingerprint density at radius 1 is 1.55 bits per heavy atom. The van der Waals surface area contributed by atoms with Gasteiger partial charge in [-0.3, -0.25) is 0 Å². The first kappa shape index (κ1) is 8.58. The van der Waals surface area contributed by atoms with Gasteiger partial charge in [-0.15, -0.1) is 5.73 Å². The second kappa shape index (κ2) is 3.25. The van der Waals surface area contributed by atoms with Gasteiger partial charge < -0.3 is 4.74 Å². The summed E-state index contributed by atoms with van der Waals surface area (Å²) in [6.45, 7) is 6.95. The number of hydrogen-bond donors (Lipinski definition) is 0. The Morgan fingerprint density at radius 3 is 2.55 bits per heavy atom. The highest BCUT2D eigenvalue weighted by molar-refractivity contribution is 5.13. The van der Waals surface area contributed by atoms with Crippen LogP contribution in [0.15, 0.2) is 17.4 Å². The van der Waals surface area contributed by atoms with Gasteiger partial charge in [-0.05, 0) is 45.3 Å². The molecule has 0 radical (unpaired) electrons. The van der Waals surface area contributed by atoms with Gasteiger partial charge >= 0.3 is 0 Å². The van der Waals surface area contributed by atoms with E-state index in [1.807, 2.05) is 6.92 Å². The highest BCUT2D eigenvalue weighted by atomic mass is 16.5. The Labute approximate surface area is 68.8 Å². The molecule has 0 aliphatic heterocycles. The molecule has 1 fully saturated rings. The molecule has 0 spiro atoms. The molecule has 0 saturated heterocycles. The molecule has 0 amide bonds. The Bertz CT molecular complexity index is 189. The smallest absolute Gasteiger partial charge is 0.0937 e. The van der Waals surface area contributed by atoms with Crippen molar-refractivity contribution in [3.63, 3.8) is 0 Å². The molecule has 0 aromatic carbocycles. The van der Waals surface area contributed by atoms with Crippen LogP contribution < -0.4 is 0 Å². The van der Waals surface area contributed by atoms with Gasteiger partial charge in [0, 0.05) is 6.61 Å². The van der Waals surface area contributed by atoms with Crippen molar-refractivity contribution in [3.8, 4) is 0 Å². The maximum absolute atomic E-state index is 5.56. The van der Waals surface area contributed by atoms with E-state index in [-0.39, 0.29) is 5.60 Å². The molecule has 0 N–H and O–H groups in total. The third-order valence-electron chi connectivity index (χ3n) is 1.80. The minimum absolute atomic E-state index is 0.0754. The van der Waals surface area contributed by atoms with Crippen molar-refractivity contribution in [2.24, 2.45) is 0 Å². The van der Waals surface area contributed by atoms with Crippen LogP contribution in [0.4, 0.5) is 0 Å². The van der Waals surface area contributed by atoms with Crippen molar-refractivity contribution < 1.29 is 4.74 Å². The fourth-order valence-corrected chi connectivity index (χ4v) is 1.02. The zero-order chi connectivity index (χ0) is 8.32. The maximum atomic E-state index is 5.56. The first-order valence-electron chi connectivity index (χ1n) is 4.23. The SMILES string of the molecule is CCOC1(C=C=C(C)C)CC1. The Morgan fingerprint density at radius 2 is 2.18 bits per heavy atom. The fourth-order valence-electron chi connectivity index (χ4n) is 1.02. The summed E-state index contributed by atoms with van der Waals surface area (Å²) >= 11 is 0. The Hall–Kier alpha value is -0.520. The van der Waals surface area contributed by atoms with Crippen LogP contribution in [0.25, 0.3) is 0 Å². The summed E-state index contributed by atoms with van der Waals surface area (Å²) in [5.74, 6) is 0. The molecule has 0 atom stereocenters. The van der Waals surface area contributed by atoms with Crippen LogP contribution >= 0.6 is 0 Å². The monoisotopic (exact) mass is 152 g/mol. The maximum Gasteiger partial charge on any atom is 0.0937 e. The van der Waals surface area contributed by atoms with Crippen molar-refractivity contribution in [1.29, 1.82) is 0 Å². The zero-order valence-corrected chi connectivity index (χ0v) is 7.61. The van der Waals surface area contributed by atoms with Crippen LogP contribution in [0.2, 0.25) is 0 Å². The molecule has 1 nitrogen and oxygen atoms in total. The quantitative estimate of drug-likeness (QED) is 0.565. The average Bonchev–Trinajstić information content (AvgIpc) is 2.67. The summed E-state index contributed by atoms with van der Waals surface area (Å²) in [5.41, 5.74) is 4.49. The van der Waals surface area contributed by atoms with Gasteiger partial charge in [0.2, 0.25) is 0 Å². The van der Waals surface area contributed by atoms with E-state index >= 15 is 0 Å². The minimum Gasteiger partial charge on any atom is -0.371 e. The molecule has 0 aromatic heterocycles. The average molecular weight is 152 g/mol. The predicted octanol–water partition coefficient (Wildman–Crippen LogP) is 2.68. The van der Waals surface area contributed by atoms with Crippen LogP contribution in [0.5, 0.6) is 0 Å². The van der Waals surface area contributed by atoms with E-state index in [4.69, 9.17) is 4.74 Å². The van der Waals surface area contributed by atoms with Crippen LogP contribution in [0.1, 0.15) is 33.6 Å². The summed E-state index contributed by atoms with van der Waals surface area (Å²) in [6.07, 6.45) is 4.41. The Balaban J connectivity index is 2.54. The highest BCUT2D eigenvalue weighted by Crippen LogP contribution is 2.40. The second-order valence-corrected chi connectivity index (χ2v) is 3.29. The van der Waals surface area contributed by atoms with E-state index in [0.717, 1.165) is 6.61 Å². The fraction of sp³-hybridized carbons (Fsp3) is 0.700. The van der Waals surface area contributed by atoms with Crippen molar-refractivity contribution in [1.82, 2.24) is 0 Å². The van der Waals surface area contributed by atoms with Gasteiger partial charge in [0.15, 0.2) is 0 Å². The van der Waals surface area contributed by atoms with Gasteiger partial charge in [0.25, 0.3) is 0 Å². The minimum atomic E-state index is 0.0754. The molecule has 0 bridgehead atoms. The lowest BCUT2D eigenvalue weighted by Gasteiger charge is -2.07. The van der Waals surface area contributed by atoms with Crippen LogP contribution in [-0.2, 0) is 4.74 Å². The molecule has 1 heteroatoms. The van der Waals surface area contributed by atoms with E-state index in [1.54, 1.807) is 0 Å². The van der Waals surface area contributed by atoms with Gasteiger partial charge in [-0.1, -0.05) is 0 Å². The lowest BCUT2D eigenvalue weighted by atomic mass is 10.3. The summed E-state index contributed by atoms with van der Waals surface area (Å²) in [6, 6.07) is 0. The Kier molecular flexibility index (Phi) is 2.53. The second-order valence-electron chi connectivity index (χ2n) is 3.29. The van der Waals surface area contributed by atoms with Gasteiger partial charge in [-0.25, -0.2) is 0 Å². The molecule has 0 unspecified atom stereocenters. The number of hydrogen-bond acceptors (Lipinski definition) is 1. The van der Waals surface area contributed by atoms with Crippen LogP contribution in [-0.4, -0.2) is 12.2 Å². The van der Waals surface area contributed by atoms with E-state index in [0.29, 0.717) is 0 Å². The summed E-state index contributed by atoms with van der Waals surface area (Å²) in [5, 5.41) is 0. The summed E-state index contributed by atoms with van der Waals surface area (Å²) in [7, 11) is 0. The molecule has 1 saturated carbocycles. The normalized spacial score (nSPS) is 18.8. The molecule has 62 valence electrons.